The van der Waals surface area contributed by atoms with Crippen molar-refractivity contribution < 1.29 is 9.52 Å². The van der Waals surface area contributed by atoms with Crippen molar-refractivity contribution >= 4 is 73.0 Å². The lowest BCUT2D eigenvalue weighted by atomic mass is 10.2. The summed E-state index contributed by atoms with van der Waals surface area (Å²) in [6.45, 7) is 0.196. The SMILES string of the molecule is Oc1c(Br)cc(Br)cc1-c1nn(CNc2c(Cl)cccc2Cl)c(=S)o1. The summed E-state index contributed by atoms with van der Waals surface area (Å²) in [7, 11) is 0. The van der Waals surface area contributed by atoms with Crippen molar-refractivity contribution in [1.29, 1.82) is 0 Å². The van der Waals surface area contributed by atoms with Gasteiger partial charge in [-0.05, 0) is 52.4 Å². The molecule has 0 aliphatic carbocycles. The third-order valence-corrected chi connectivity index (χ3v) is 5.22. The number of halogens is 4. The number of hydrogen-bond acceptors (Lipinski definition) is 5. The highest BCUT2D eigenvalue weighted by atomic mass is 79.9. The average Bonchev–Trinajstić information content (AvgIpc) is 2.91. The number of anilines is 1. The Labute approximate surface area is 174 Å². The number of aromatic nitrogens is 2. The lowest BCUT2D eigenvalue weighted by Gasteiger charge is -2.09. The van der Waals surface area contributed by atoms with Gasteiger partial charge in [0.15, 0.2) is 0 Å². The number of phenols is 1. The Morgan fingerprint density at radius 1 is 1.24 bits per heavy atom. The molecule has 1 aromatic heterocycles. The van der Waals surface area contributed by atoms with E-state index in [0.29, 0.717) is 25.8 Å². The molecule has 10 heteroatoms. The molecule has 2 N–H and O–H groups in total. The molecule has 0 bridgehead atoms. The van der Waals surface area contributed by atoms with Gasteiger partial charge in [0.1, 0.15) is 12.4 Å². The topological polar surface area (TPSA) is 63.2 Å². The van der Waals surface area contributed by atoms with Crippen molar-refractivity contribution in [3.05, 3.63) is 54.2 Å². The second-order valence-electron chi connectivity index (χ2n) is 4.89. The second-order valence-corrected chi connectivity index (χ2v) is 7.82. The van der Waals surface area contributed by atoms with Crippen molar-refractivity contribution in [3.63, 3.8) is 0 Å². The monoisotopic (exact) mass is 523 g/mol. The molecule has 5 nitrogen and oxygen atoms in total. The van der Waals surface area contributed by atoms with Crippen molar-refractivity contribution in [2.75, 3.05) is 5.32 Å². The molecule has 0 atom stereocenters. The lowest BCUT2D eigenvalue weighted by Crippen LogP contribution is -2.10. The minimum atomic E-state index is 0.00806. The Hall–Kier alpha value is -1.06. The predicted molar refractivity (Wildman–Crippen MR) is 108 cm³/mol. The maximum absolute atomic E-state index is 10.2. The first-order valence-corrected chi connectivity index (χ1v) is 9.56. The summed E-state index contributed by atoms with van der Waals surface area (Å²) >= 11 is 24.1. The fraction of sp³-hybridized carbons (Fsp3) is 0.0667. The molecule has 25 heavy (non-hydrogen) atoms. The zero-order chi connectivity index (χ0) is 18.1. The first-order valence-electron chi connectivity index (χ1n) is 6.81. The summed E-state index contributed by atoms with van der Waals surface area (Å²) in [6.07, 6.45) is 0. The Morgan fingerprint density at radius 3 is 2.60 bits per heavy atom. The van der Waals surface area contributed by atoms with Gasteiger partial charge in [-0.3, -0.25) is 0 Å². The molecule has 0 saturated carbocycles. The van der Waals surface area contributed by atoms with Crippen molar-refractivity contribution in [1.82, 2.24) is 9.78 Å². The van der Waals surface area contributed by atoms with Crippen LogP contribution in [0.15, 0.2) is 43.7 Å². The molecular formula is C15H9Br2Cl2N3O2S. The number of hydrogen-bond donors (Lipinski definition) is 2. The molecule has 0 spiro atoms. The van der Waals surface area contributed by atoms with Crippen molar-refractivity contribution in [3.8, 4) is 17.2 Å². The van der Waals surface area contributed by atoms with E-state index >= 15 is 0 Å². The highest BCUT2D eigenvalue weighted by Crippen LogP contribution is 2.37. The van der Waals surface area contributed by atoms with E-state index in [0.717, 1.165) is 4.47 Å². The Morgan fingerprint density at radius 2 is 1.92 bits per heavy atom. The number of nitrogens with one attached hydrogen (secondary N) is 1. The van der Waals surface area contributed by atoms with E-state index in [4.69, 9.17) is 39.8 Å². The van der Waals surface area contributed by atoms with E-state index in [9.17, 15) is 5.11 Å². The maximum Gasteiger partial charge on any atom is 0.289 e. The molecule has 0 saturated heterocycles. The Bertz CT molecular complexity index is 987. The summed E-state index contributed by atoms with van der Waals surface area (Å²) < 4.78 is 8.19. The van der Waals surface area contributed by atoms with Gasteiger partial charge in [-0.1, -0.05) is 45.2 Å². The Balaban J connectivity index is 1.90. The number of rotatable bonds is 4. The zero-order valence-electron chi connectivity index (χ0n) is 12.3. The van der Waals surface area contributed by atoms with Crippen LogP contribution in [0.2, 0.25) is 10.0 Å². The van der Waals surface area contributed by atoms with E-state index in [1.165, 1.54) is 4.68 Å². The summed E-state index contributed by atoms with van der Waals surface area (Å²) in [4.78, 5) is 0.140. The first kappa shape index (κ1) is 18.7. The van der Waals surface area contributed by atoms with Crippen LogP contribution in [-0.4, -0.2) is 14.9 Å². The summed E-state index contributed by atoms with van der Waals surface area (Å²) in [5, 5.41) is 18.5. The average molecular weight is 526 g/mol. The van der Waals surface area contributed by atoms with Crippen LogP contribution in [0, 0.1) is 4.84 Å². The fourth-order valence-electron chi connectivity index (χ4n) is 2.06. The lowest BCUT2D eigenvalue weighted by molar-refractivity contribution is 0.468. The third-order valence-electron chi connectivity index (χ3n) is 3.23. The fourth-order valence-corrected chi connectivity index (χ4v) is 4.01. The van der Waals surface area contributed by atoms with Crippen LogP contribution < -0.4 is 5.32 Å². The van der Waals surface area contributed by atoms with Crippen LogP contribution in [0.3, 0.4) is 0 Å². The highest BCUT2D eigenvalue weighted by Gasteiger charge is 2.16. The van der Waals surface area contributed by atoms with Gasteiger partial charge >= 0.3 is 0 Å². The van der Waals surface area contributed by atoms with Gasteiger partial charge in [-0.15, -0.1) is 5.10 Å². The molecule has 2 aromatic carbocycles. The van der Waals surface area contributed by atoms with Crippen LogP contribution in [0.25, 0.3) is 11.5 Å². The van der Waals surface area contributed by atoms with Crippen molar-refractivity contribution in [2.24, 2.45) is 0 Å². The summed E-state index contributed by atoms with van der Waals surface area (Å²) in [5.74, 6) is 0.199. The largest absolute Gasteiger partial charge is 0.506 e. The number of aromatic hydroxyl groups is 1. The first-order chi connectivity index (χ1) is 11.9. The van der Waals surface area contributed by atoms with Crippen LogP contribution in [-0.2, 0) is 6.67 Å². The van der Waals surface area contributed by atoms with Gasteiger partial charge in [0.25, 0.3) is 10.7 Å². The van der Waals surface area contributed by atoms with Gasteiger partial charge < -0.3 is 14.8 Å². The van der Waals surface area contributed by atoms with Gasteiger partial charge in [-0.2, -0.15) is 0 Å². The molecular weight excluding hydrogens is 517 g/mol. The molecule has 3 aromatic rings. The van der Waals surface area contributed by atoms with Crippen LogP contribution in [0.4, 0.5) is 5.69 Å². The second kappa shape index (κ2) is 7.67. The smallest absolute Gasteiger partial charge is 0.289 e. The molecule has 1 heterocycles. The zero-order valence-corrected chi connectivity index (χ0v) is 17.8. The van der Waals surface area contributed by atoms with Gasteiger partial charge in [0.05, 0.1) is 25.8 Å². The van der Waals surface area contributed by atoms with E-state index < -0.39 is 0 Å². The summed E-state index contributed by atoms with van der Waals surface area (Å²) in [5.41, 5.74) is 0.979. The van der Waals surface area contributed by atoms with Gasteiger partial charge in [-0.25, -0.2) is 4.68 Å². The minimum Gasteiger partial charge on any atom is -0.506 e. The molecule has 0 fully saturated rings. The van der Waals surface area contributed by atoms with E-state index in [1.807, 2.05) is 0 Å². The molecule has 0 amide bonds. The van der Waals surface area contributed by atoms with Gasteiger partial charge in [0, 0.05) is 4.47 Å². The Kier molecular flexibility index (Phi) is 5.75. The van der Waals surface area contributed by atoms with E-state index in [2.05, 4.69) is 42.3 Å². The van der Waals surface area contributed by atoms with E-state index in [-0.39, 0.29) is 23.1 Å². The van der Waals surface area contributed by atoms with Crippen LogP contribution in [0.5, 0.6) is 5.75 Å². The predicted octanol–water partition coefficient (Wildman–Crippen LogP) is 6.48. The summed E-state index contributed by atoms with van der Waals surface area (Å²) in [6, 6.07) is 8.60. The standard InChI is InChI=1S/C15H9Br2Cl2N3O2S/c16-7-4-8(13(23)9(17)5-7)14-21-22(15(25)24-14)6-20-12-10(18)2-1-3-11(12)19/h1-5,20,23H,6H2. The quantitative estimate of drug-likeness (QED) is 0.382. The number of nitrogens with zero attached hydrogens (tertiary/aromatic N) is 2. The van der Waals surface area contributed by atoms with Gasteiger partial charge in [0.2, 0.25) is 0 Å². The maximum atomic E-state index is 10.2. The van der Waals surface area contributed by atoms with Crippen LogP contribution in [0.1, 0.15) is 0 Å². The number of phenolic OH excluding ortho intramolecular Hbond substituents is 1. The highest BCUT2D eigenvalue weighted by molar-refractivity contribution is 9.11. The van der Waals surface area contributed by atoms with E-state index in [1.54, 1.807) is 30.3 Å². The molecule has 0 aliphatic rings. The number of para-hydroxylation sites is 1. The molecule has 0 aliphatic heterocycles. The molecule has 130 valence electrons. The van der Waals surface area contributed by atoms with Crippen molar-refractivity contribution in [2.45, 2.75) is 6.67 Å². The minimum absolute atomic E-state index is 0.00806. The molecule has 0 unspecified atom stereocenters. The number of benzene rings is 2. The normalized spacial score (nSPS) is 10.9. The third kappa shape index (κ3) is 4.03. The molecule has 0 radical (unpaired) electrons. The molecule has 3 rings (SSSR count). The van der Waals surface area contributed by atoms with Crippen LogP contribution >= 0.6 is 67.3 Å².